The highest BCUT2D eigenvalue weighted by Gasteiger charge is 2.28. The molecule has 0 saturated carbocycles. The summed E-state index contributed by atoms with van der Waals surface area (Å²) in [6.45, 7) is 4.67. The first-order chi connectivity index (χ1) is 10.1. The van der Waals surface area contributed by atoms with Crippen LogP contribution < -0.4 is 16.4 Å². The molecule has 0 fully saturated rings. The Morgan fingerprint density at radius 1 is 1.05 bits per heavy atom. The van der Waals surface area contributed by atoms with Gasteiger partial charge in [-0.05, 0) is 18.4 Å². The van der Waals surface area contributed by atoms with Crippen LogP contribution in [0.5, 0.6) is 0 Å². The molecule has 2 amide bonds. The molecule has 5 nitrogen and oxygen atoms in total. The van der Waals surface area contributed by atoms with Crippen molar-refractivity contribution >= 4 is 24.2 Å². The topological polar surface area (TPSA) is 84.2 Å². The van der Waals surface area contributed by atoms with E-state index in [0.29, 0.717) is 6.54 Å². The summed E-state index contributed by atoms with van der Waals surface area (Å²) in [7, 11) is 0. The number of amides is 2. The lowest BCUT2D eigenvalue weighted by atomic mass is 9.76. The second-order valence-corrected chi connectivity index (χ2v) is 5.11. The van der Waals surface area contributed by atoms with Gasteiger partial charge in [-0.2, -0.15) is 0 Å². The van der Waals surface area contributed by atoms with E-state index in [4.69, 9.17) is 5.73 Å². The van der Waals surface area contributed by atoms with Gasteiger partial charge in [-0.15, -0.1) is 12.4 Å². The first-order valence-electron chi connectivity index (χ1n) is 7.37. The van der Waals surface area contributed by atoms with Crippen LogP contribution in [0.4, 0.5) is 0 Å². The highest BCUT2D eigenvalue weighted by molar-refractivity contribution is 5.85. The van der Waals surface area contributed by atoms with Crippen molar-refractivity contribution in [1.29, 1.82) is 0 Å². The van der Waals surface area contributed by atoms with Gasteiger partial charge in [-0.3, -0.25) is 9.59 Å². The van der Waals surface area contributed by atoms with E-state index in [-0.39, 0.29) is 42.7 Å². The van der Waals surface area contributed by atoms with Crippen molar-refractivity contribution in [2.45, 2.75) is 32.1 Å². The molecule has 22 heavy (non-hydrogen) atoms. The first-order valence-corrected chi connectivity index (χ1v) is 7.37. The number of nitrogens with two attached hydrogens (primary N) is 1. The zero-order chi connectivity index (χ0) is 15.7. The van der Waals surface area contributed by atoms with Crippen molar-refractivity contribution in [2.24, 2.45) is 5.73 Å². The highest BCUT2D eigenvalue weighted by atomic mass is 35.5. The van der Waals surface area contributed by atoms with Crippen molar-refractivity contribution in [3.8, 4) is 0 Å². The molecule has 0 aliphatic carbocycles. The van der Waals surface area contributed by atoms with E-state index in [9.17, 15) is 9.59 Å². The molecule has 6 heteroatoms. The normalized spacial score (nSPS) is 10.5. The van der Waals surface area contributed by atoms with E-state index in [1.807, 2.05) is 18.2 Å². The van der Waals surface area contributed by atoms with Gasteiger partial charge in [0.05, 0.1) is 13.1 Å². The quantitative estimate of drug-likeness (QED) is 0.674. The molecule has 0 bridgehead atoms. The van der Waals surface area contributed by atoms with Gasteiger partial charge in [0.1, 0.15) is 0 Å². The predicted molar refractivity (Wildman–Crippen MR) is 91.0 cm³/mol. The summed E-state index contributed by atoms with van der Waals surface area (Å²) in [5, 5.41) is 5.38. The molecule has 1 rings (SSSR count). The second kappa shape index (κ2) is 10.2. The molecule has 124 valence electrons. The van der Waals surface area contributed by atoms with Crippen LogP contribution in [0.3, 0.4) is 0 Å². The Kier molecular flexibility index (Phi) is 9.45. The average Bonchev–Trinajstić information content (AvgIpc) is 2.55. The summed E-state index contributed by atoms with van der Waals surface area (Å²) < 4.78 is 0. The van der Waals surface area contributed by atoms with Gasteiger partial charge in [0.15, 0.2) is 0 Å². The molecule has 1 aromatic rings. The molecule has 0 aliphatic heterocycles. The summed E-state index contributed by atoms with van der Waals surface area (Å²) in [6.07, 6.45) is 1.87. The second-order valence-electron chi connectivity index (χ2n) is 5.11. The standard InChI is InChI=1S/C16H25N3O2.ClH/c1-3-16(4-2,13-8-6-5-7-9-13)12-19-15(21)11-18-14(20)10-17;/h5-9H,3-4,10-12,17H2,1-2H3,(H,18,20)(H,19,21);1H. The number of carbonyl (C=O) groups excluding carboxylic acids is 2. The van der Waals surface area contributed by atoms with Gasteiger partial charge < -0.3 is 16.4 Å². The SMILES string of the molecule is CCC(CC)(CNC(=O)CNC(=O)CN)c1ccccc1.Cl. The maximum absolute atomic E-state index is 11.8. The number of carbonyl (C=O) groups is 2. The maximum Gasteiger partial charge on any atom is 0.239 e. The van der Waals surface area contributed by atoms with Crippen molar-refractivity contribution < 1.29 is 9.59 Å². The van der Waals surface area contributed by atoms with E-state index in [1.54, 1.807) is 0 Å². The molecule has 1 aromatic carbocycles. The van der Waals surface area contributed by atoms with Crippen LogP contribution in [0.15, 0.2) is 30.3 Å². The number of nitrogens with one attached hydrogen (secondary N) is 2. The molecule has 0 aliphatic rings. The molecular weight excluding hydrogens is 302 g/mol. The molecule has 0 saturated heterocycles. The van der Waals surface area contributed by atoms with Crippen LogP contribution in [0, 0.1) is 0 Å². The van der Waals surface area contributed by atoms with Crippen LogP contribution in [-0.4, -0.2) is 31.4 Å². The van der Waals surface area contributed by atoms with Gasteiger partial charge >= 0.3 is 0 Å². The number of halogens is 1. The van der Waals surface area contributed by atoms with Gasteiger partial charge in [-0.1, -0.05) is 44.2 Å². The van der Waals surface area contributed by atoms with Crippen molar-refractivity contribution in [1.82, 2.24) is 10.6 Å². The lowest BCUT2D eigenvalue weighted by molar-refractivity contribution is -0.125. The number of hydrogen-bond donors (Lipinski definition) is 3. The molecule has 0 atom stereocenters. The fraction of sp³-hybridized carbons (Fsp3) is 0.500. The number of hydrogen-bond acceptors (Lipinski definition) is 3. The minimum atomic E-state index is -0.328. The van der Waals surface area contributed by atoms with E-state index >= 15 is 0 Å². The molecule has 0 radical (unpaired) electrons. The van der Waals surface area contributed by atoms with Gasteiger partial charge in [0, 0.05) is 12.0 Å². The Morgan fingerprint density at radius 2 is 1.64 bits per heavy atom. The minimum Gasteiger partial charge on any atom is -0.354 e. The minimum absolute atomic E-state index is 0. The summed E-state index contributed by atoms with van der Waals surface area (Å²) >= 11 is 0. The number of rotatable bonds is 8. The zero-order valence-electron chi connectivity index (χ0n) is 13.2. The van der Waals surface area contributed by atoms with Gasteiger partial charge in [0.25, 0.3) is 0 Å². The van der Waals surface area contributed by atoms with E-state index in [2.05, 4.69) is 36.6 Å². The summed E-state index contributed by atoms with van der Waals surface area (Å²) in [6, 6.07) is 10.2. The van der Waals surface area contributed by atoms with E-state index < -0.39 is 0 Å². The van der Waals surface area contributed by atoms with E-state index in [0.717, 1.165) is 12.8 Å². The lowest BCUT2D eigenvalue weighted by Gasteiger charge is -2.32. The monoisotopic (exact) mass is 327 g/mol. The Bertz CT molecular complexity index is 462. The van der Waals surface area contributed by atoms with Crippen LogP contribution in [0.1, 0.15) is 32.3 Å². The third-order valence-electron chi connectivity index (χ3n) is 4.00. The Balaban J connectivity index is 0.00000441. The molecule has 4 N–H and O–H groups in total. The average molecular weight is 328 g/mol. The molecule has 0 spiro atoms. The predicted octanol–water partition coefficient (Wildman–Crippen LogP) is 1.36. The number of benzene rings is 1. The Labute approximate surface area is 138 Å². The molecule has 0 aromatic heterocycles. The fourth-order valence-corrected chi connectivity index (χ4v) is 2.38. The van der Waals surface area contributed by atoms with Gasteiger partial charge in [0.2, 0.25) is 11.8 Å². The Morgan fingerprint density at radius 3 is 2.14 bits per heavy atom. The summed E-state index contributed by atoms with van der Waals surface area (Å²) in [5.41, 5.74) is 6.33. The van der Waals surface area contributed by atoms with Crippen LogP contribution >= 0.6 is 12.4 Å². The van der Waals surface area contributed by atoms with Gasteiger partial charge in [-0.25, -0.2) is 0 Å². The van der Waals surface area contributed by atoms with Crippen LogP contribution in [0.25, 0.3) is 0 Å². The summed E-state index contributed by atoms with van der Waals surface area (Å²) in [5.74, 6) is -0.524. The molecule has 0 heterocycles. The van der Waals surface area contributed by atoms with Crippen molar-refractivity contribution in [3.05, 3.63) is 35.9 Å². The van der Waals surface area contributed by atoms with Crippen molar-refractivity contribution in [3.63, 3.8) is 0 Å². The highest BCUT2D eigenvalue weighted by Crippen LogP contribution is 2.30. The van der Waals surface area contributed by atoms with Crippen LogP contribution in [-0.2, 0) is 15.0 Å². The molecule has 0 unspecified atom stereocenters. The smallest absolute Gasteiger partial charge is 0.239 e. The maximum atomic E-state index is 11.8. The largest absolute Gasteiger partial charge is 0.354 e. The summed E-state index contributed by atoms with van der Waals surface area (Å²) in [4.78, 5) is 22.8. The van der Waals surface area contributed by atoms with Crippen LogP contribution in [0.2, 0.25) is 0 Å². The lowest BCUT2D eigenvalue weighted by Crippen LogP contribution is -2.45. The third-order valence-corrected chi connectivity index (χ3v) is 4.00. The fourth-order valence-electron chi connectivity index (χ4n) is 2.38. The molecular formula is C16H26ClN3O2. The van der Waals surface area contributed by atoms with Crippen molar-refractivity contribution in [2.75, 3.05) is 19.6 Å². The third kappa shape index (κ3) is 5.66. The zero-order valence-corrected chi connectivity index (χ0v) is 14.0. The first kappa shape index (κ1) is 20.4. The van der Waals surface area contributed by atoms with E-state index in [1.165, 1.54) is 5.56 Å². The Hall–Kier alpha value is -1.59.